The first-order valence-corrected chi connectivity index (χ1v) is 8.63. The molecule has 1 heteroatoms. The SMILES string of the molecule is O=C1CC2(Cc3ccc(-c4ccccc4)cc31)CC1C=CC2C1. The predicted octanol–water partition coefficient (Wildman–Crippen LogP) is 5.06. The van der Waals surface area contributed by atoms with Crippen molar-refractivity contribution >= 4 is 5.78 Å². The van der Waals surface area contributed by atoms with Crippen LogP contribution in [0.2, 0.25) is 0 Å². The molecular weight excluding hydrogens is 280 g/mol. The molecule has 0 aliphatic heterocycles. The molecule has 0 aromatic heterocycles. The summed E-state index contributed by atoms with van der Waals surface area (Å²) in [5.74, 6) is 1.70. The first-order chi connectivity index (χ1) is 11.2. The summed E-state index contributed by atoms with van der Waals surface area (Å²) in [6.07, 6.45) is 9.04. The van der Waals surface area contributed by atoms with E-state index in [9.17, 15) is 4.79 Å². The van der Waals surface area contributed by atoms with Gasteiger partial charge in [-0.15, -0.1) is 0 Å². The van der Waals surface area contributed by atoms with Gasteiger partial charge in [0.25, 0.3) is 0 Å². The number of allylic oxidation sites excluding steroid dienone is 2. The van der Waals surface area contributed by atoms with Crippen LogP contribution in [0.15, 0.2) is 60.7 Å². The number of hydrogen-bond acceptors (Lipinski definition) is 1. The largest absolute Gasteiger partial charge is 0.294 e. The maximum atomic E-state index is 12.9. The third-order valence-electron chi connectivity index (χ3n) is 6.20. The lowest BCUT2D eigenvalue weighted by atomic mass is 9.64. The zero-order valence-electron chi connectivity index (χ0n) is 13.2. The molecule has 3 unspecified atom stereocenters. The molecule has 0 amide bonds. The van der Waals surface area contributed by atoms with E-state index >= 15 is 0 Å². The van der Waals surface area contributed by atoms with Crippen LogP contribution < -0.4 is 0 Å². The lowest BCUT2D eigenvalue weighted by Gasteiger charge is -2.39. The van der Waals surface area contributed by atoms with E-state index in [4.69, 9.17) is 0 Å². The molecule has 2 aromatic carbocycles. The zero-order valence-corrected chi connectivity index (χ0v) is 13.2. The third-order valence-corrected chi connectivity index (χ3v) is 6.20. The summed E-state index contributed by atoms with van der Waals surface area (Å²) in [7, 11) is 0. The third kappa shape index (κ3) is 1.96. The number of carbonyl (C=O) groups is 1. The Hall–Kier alpha value is -2.15. The Kier molecular flexibility index (Phi) is 2.70. The maximum absolute atomic E-state index is 12.9. The number of rotatable bonds is 1. The average molecular weight is 300 g/mol. The number of carbonyl (C=O) groups excluding carboxylic acids is 1. The van der Waals surface area contributed by atoms with Gasteiger partial charge in [0.2, 0.25) is 0 Å². The highest BCUT2D eigenvalue weighted by Crippen LogP contribution is 2.57. The minimum Gasteiger partial charge on any atom is -0.294 e. The van der Waals surface area contributed by atoms with Crippen LogP contribution in [0.5, 0.6) is 0 Å². The van der Waals surface area contributed by atoms with E-state index in [1.54, 1.807) is 0 Å². The van der Waals surface area contributed by atoms with Crippen LogP contribution in [0.25, 0.3) is 11.1 Å². The quantitative estimate of drug-likeness (QED) is 0.672. The second-order valence-corrected chi connectivity index (χ2v) is 7.57. The molecule has 2 aromatic rings. The van der Waals surface area contributed by atoms with E-state index in [1.165, 1.54) is 24.0 Å². The summed E-state index contributed by atoms with van der Waals surface area (Å²) in [6, 6.07) is 16.8. The van der Waals surface area contributed by atoms with Crippen LogP contribution in [0, 0.1) is 17.3 Å². The summed E-state index contributed by atoms with van der Waals surface area (Å²) >= 11 is 0. The standard InChI is InChI=1S/C22H20O/c23-21-14-22(12-15-6-9-19(22)10-15)13-18-8-7-17(11-20(18)21)16-4-2-1-3-5-16/h1-9,11,15,19H,10,12-14H2. The molecule has 0 heterocycles. The van der Waals surface area contributed by atoms with Crippen LogP contribution in [-0.4, -0.2) is 5.78 Å². The minimum absolute atomic E-state index is 0.220. The van der Waals surface area contributed by atoms with Gasteiger partial charge in [-0.2, -0.15) is 0 Å². The number of ketones is 1. The van der Waals surface area contributed by atoms with Crippen LogP contribution in [0.3, 0.4) is 0 Å². The highest BCUT2D eigenvalue weighted by molar-refractivity contribution is 6.00. The van der Waals surface area contributed by atoms with Crippen molar-refractivity contribution in [2.45, 2.75) is 25.7 Å². The Labute approximate surface area is 137 Å². The summed E-state index contributed by atoms with van der Waals surface area (Å²) < 4.78 is 0. The number of benzene rings is 2. The van der Waals surface area contributed by atoms with E-state index in [2.05, 4.69) is 42.5 Å². The van der Waals surface area contributed by atoms with Gasteiger partial charge in [0.15, 0.2) is 5.78 Å². The van der Waals surface area contributed by atoms with Gasteiger partial charge >= 0.3 is 0 Å². The molecule has 0 radical (unpaired) electrons. The molecule has 3 aliphatic rings. The molecule has 1 nitrogen and oxygen atoms in total. The van der Waals surface area contributed by atoms with Crippen LogP contribution in [0.4, 0.5) is 0 Å². The van der Waals surface area contributed by atoms with Crippen LogP contribution >= 0.6 is 0 Å². The van der Waals surface area contributed by atoms with Crippen molar-refractivity contribution in [2.75, 3.05) is 0 Å². The topological polar surface area (TPSA) is 17.1 Å². The van der Waals surface area contributed by atoms with Crippen molar-refractivity contribution < 1.29 is 4.79 Å². The van der Waals surface area contributed by atoms with Crippen molar-refractivity contribution in [2.24, 2.45) is 17.3 Å². The van der Waals surface area contributed by atoms with Crippen molar-refractivity contribution in [3.63, 3.8) is 0 Å². The predicted molar refractivity (Wildman–Crippen MR) is 92.3 cm³/mol. The van der Waals surface area contributed by atoms with Crippen molar-refractivity contribution in [3.8, 4) is 11.1 Å². The lowest BCUT2D eigenvalue weighted by Crippen LogP contribution is -2.35. The van der Waals surface area contributed by atoms with Gasteiger partial charge in [-0.1, -0.05) is 54.6 Å². The monoisotopic (exact) mass is 300 g/mol. The van der Waals surface area contributed by atoms with E-state index in [0.717, 1.165) is 29.9 Å². The Morgan fingerprint density at radius 3 is 2.52 bits per heavy atom. The number of Topliss-reactive ketones (excluding diaryl/α,β-unsaturated/α-hetero) is 1. The van der Waals surface area contributed by atoms with Gasteiger partial charge in [0, 0.05) is 12.0 Å². The Morgan fingerprint density at radius 2 is 1.78 bits per heavy atom. The second-order valence-electron chi connectivity index (χ2n) is 7.57. The van der Waals surface area contributed by atoms with Crippen LogP contribution in [-0.2, 0) is 6.42 Å². The van der Waals surface area contributed by atoms with Gasteiger partial charge in [-0.05, 0) is 59.3 Å². The molecule has 23 heavy (non-hydrogen) atoms. The fourth-order valence-electron chi connectivity index (χ4n) is 5.12. The van der Waals surface area contributed by atoms with Crippen molar-refractivity contribution in [3.05, 3.63) is 71.8 Å². The fourth-order valence-corrected chi connectivity index (χ4v) is 5.12. The van der Waals surface area contributed by atoms with Crippen molar-refractivity contribution in [1.82, 2.24) is 0 Å². The molecule has 114 valence electrons. The molecule has 0 saturated heterocycles. The zero-order chi connectivity index (χ0) is 15.4. The highest BCUT2D eigenvalue weighted by Gasteiger charge is 2.51. The molecule has 3 aliphatic carbocycles. The first-order valence-electron chi connectivity index (χ1n) is 8.63. The van der Waals surface area contributed by atoms with E-state index < -0.39 is 0 Å². The van der Waals surface area contributed by atoms with Gasteiger partial charge in [0.1, 0.15) is 0 Å². The average Bonchev–Trinajstić information content (AvgIpc) is 3.16. The molecule has 0 N–H and O–H groups in total. The Bertz CT molecular complexity index is 817. The molecule has 3 atom stereocenters. The van der Waals surface area contributed by atoms with Gasteiger partial charge in [-0.25, -0.2) is 0 Å². The molecule has 5 rings (SSSR count). The van der Waals surface area contributed by atoms with E-state index in [0.29, 0.717) is 11.7 Å². The smallest absolute Gasteiger partial charge is 0.163 e. The molecule has 1 fully saturated rings. The first kappa shape index (κ1) is 13.3. The normalized spacial score (nSPS) is 30.9. The van der Waals surface area contributed by atoms with Crippen molar-refractivity contribution in [1.29, 1.82) is 0 Å². The molecular formula is C22H20O. The fraction of sp³-hybridized carbons (Fsp3) is 0.318. The number of fused-ring (bicyclic) bond motifs is 4. The highest BCUT2D eigenvalue weighted by atomic mass is 16.1. The molecule has 1 spiro atoms. The van der Waals surface area contributed by atoms with E-state index in [-0.39, 0.29) is 5.41 Å². The maximum Gasteiger partial charge on any atom is 0.163 e. The van der Waals surface area contributed by atoms with E-state index in [1.807, 2.05) is 18.2 Å². The summed E-state index contributed by atoms with van der Waals surface area (Å²) in [4.78, 5) is 12.9. The molecule has 2 bridgehead atoms. The Balaban J connectivity index is 1.55. The van der Waals surface area contributed by atoms with Gasteiger partial charge < -0.3 is 0 Å². The summed E-state index contributed by atoms with van der Waals surface area (Å²) in [6.45, 7) is 0. The van der Waals surface area contributed by atoms with Crippen LogP contribution in [0.1, 0.15) is 35.2 Å². The molecule has 1 saturated carbocycles. The number of hydrogen-bond donors (Lipinski definition) is 0. The van der Waals surface area contributed by atoms with Gasteiger partial charge in [0.05, 0.1) is 0 Å². The summed E-state index contributed by atoms with van der Waals surface area (Å²) in [5, 5.41) is 0. The summed E-state index contributed by atoms with van der Waals surface area (Å²) in [5.41, 5.74) is 4.79. The second kappa shape index (κ2) is 4.67. The lowest BCUT2D eigenvalue weighted by molar-refractivity contribution is 0.0848. The Morgan fingerprint density at radius 1 is 0.913 bits per heavy atom. The van der Waals surface area contributed by atoms with Gasteiger partial charge in [-0.3, -0.25) is 4.79 Å². The minimum atomic E-state index is 0.220.